The molecule has 0 unspecified atom stereocenters. The van der Waals surface area contributed by atoms with Crippen LogP contribution in [0.1, 0.15) is 19.8 Å². The van der Waals surface area contributed by atoms with Gasteiger partial charge in [0.1, 0.15) is 17.3 Å². The standard InChI is InChI=1S/C18H19ClFNO3/c1-2-23-14-6-8-15(9-7-14)24-11-3-4-18(22)21-13-5-10-17(20)16(19)12-13/h5-10,12H,2-4,11H2,1H3,(H,21,22). The summed E-state index contributed by atoms with van der Waals surface area (Å²) in [5, 5.41) is 2.65. The second-order valence-electron chi connectivity index (χ2n) is 5.03. The highest BCUT2D eigenvalue weighted by molar-refractivity contribution is 6.31. The van der Waals surface area contributed by atoms with Gasteiger partial charge in [-0.2, -0.15) is 0 Å². The maximum atomic E-state index is 13.0. The Kier molecular flexibility index (Phi) is 6.88. The summed E-state index contributed by atoms with van der Waals surface area (Å²) >= 11 is 5.67. The smallest absolute Gasteiger partial charge is 0.224 e. The van der Waals surface area contributed by atoms with Gasteiger partial charge in [0, 0.05) is 12.1 Å². The third-order valence-electron chi connectivity index (χ3n) is 3.15. The Balaban J connectivity index is 1.69. The molecule has 0 atom stereocenters. The number of hydrogen-bond acceptors (Lipinski definition) is 3. The zero-order valence-corrected chi connectivity index (χ0v) is 14.1. The number of anilines is 1. The van der Waals surface area contributed by atoms with Gasteiger partial charge >= 0.3 is 0 Å². The van der Waals surface area contributed by atoms with E-state index < -0.39 is 5.82 Å². The fourth-order valence-corrected chi connectivity index (χ4v) is 2.20. The quantitative estimate of drug-likeness (QED) is 0.703. The highest BCUT2D eigenvalue weighted by atomic mass is 35.5. The molecule has 0 saturated heterocycles. The third-order valence-corrected chi connectivity index (χ3v) is 3.44. The van der Waals surface area contributed by atoms with Crippen LogP contribution in [-0.4, -0.2) is 19.1 Å². The van der Waals surface area contributed by atoms with Crippen molar-refractivity contribution >= 4 is 23.2 Å². The molecule has 0 bridgehead atoms. The number of rotatable bonds is 8. The molecule has 0 aliphatic rings. The van der Waals surface area contributed by atoms with Crippen molar-refractivity contribution in [1.82, 2.24) is 0 Å². The number of nitrogens with one attached hydrogen (secondary N) is 1. The lowest BCUT2D eigenvalue weighted by molar-refractivity contribution is -0.116. The first kappa shape index (κ1) is 18.1. The Morgan fingerprint density at radius 2 is 1.79 bits per heavy atom. The van der Waals surface area contributed by atoms with Crippen molar-refractivity contribution in [2.75, 3.05) is 18.5 Å². The van der Waals surface area contributed by atoms with Gasteiger partial charge in [-0.05, 0) is 55.8 Å². The minimum atomic E-state index is -0.515. The van der Waals surface area contributed by atoms with Gasteiger partial charge in [0.15, 0.2) is 0 Å². The summed E-state index contributed by atoms with van der Waals surface area (Å²) in [5.41, 5.74) is 0.471. The lowest BCUT2D eigenvalue weighted by atomic mass is 10.2. The van der Waals surface area contributed by atoms with Crippen LogP contribution in [0.5, 0.6) is 11.5 Å². The molecule has 4 nitrogen and oxygen atoms in total. The summed E-state index contributed by atoms with van der Waals surface area (Å²) < 4.78 is 24.0. The van der Waals surface area contributed by atoms with Crippen LogP contribution < -0.4 is 14.8 Å². The summed E-state index contributed by atoms with van der Waals surface area (Å²) in [6.07, 6.45) is 0.861. The maximum absolute atomic E-state index is 13.0. The molecule has 1 N–H and O–H groups in total. The normalized spacial score (nSPS) is 10.3. The van der Waals surface area contributed by atoms with Crippen molar-refractivity contribution in [3.63, 3.8) is 0 Å². The molecule has 0 saturated carbocycles. The fourth-order valence-electron chi connectivity index (χ4n) is 2.02. The molecule has 2 aromatic carbocycles. The second-order valence-corrected chi connectivity index (χ2v) is 5.44. The minimum Gasteiger partial charge on any atom is -0.494 e. The van der Waals surface area contributed by atoms with Crippen LogP contribution in [0.4, 0.5) is 10.1 Å². The Morgan fingerprint density at radius 1 is 1.12 bits per heavy atom. The highest BCUT2D eigenvalue weighted by Gasteiger charge is 2.05. The van der Waals surface area contributed by atoms with Gasteiger partial charge in [0.2, 0.25) is 5.91 Å². The van der Waals surface area contributed by atoms with Crippen LogP contribution in [0.15, 0.2) is 42.5 Å². The SMILES string of the molecule is CCOc1ccc(OCCCC(=O)Nc2ccc(F)c(Cl)c2)cc1. The molecule has 6 heteroatoms. The number of ether oxygens (including phenoxy) is 2. The second kappa shape index (κ2) is 9.13. The molecule has 2 aromatic rings. The largest absolute Gasteiger partial charge is 0.494 e. The number of carbonyl (C=O) groups is 1. The van der Waals surface area contributed by atoms with Gasteiger partial charge in [0.05, 0.1) is 18.2 Å². The Bertz CT molecular complexity index is 676. The van der Waals surface area contributed by atoms with Gasteiger partial charge < -0.3 is 14.8 Å². The minimum absolute atomic E-state index is 0.0216. The van der Waals surface area contributed by atoms with E-state index in [-0.39, 0.29) is 10.9 Å². The van der Waals surface area contributed by atoms with Crippen LogP contribution >= 0.6 is 11.6 Å². The van der Waals surface area contributed by atoms with E-state index in [1.807, 2.05) is 31.2 Å². The Hall–Kier alpha value is -2.27. The summed E-state index contributed by atoms with van der Waals surface area (Å²) in [6.45, 7) is 2.97. The van der Waals surface area contributed by atoms with Crippen molar-refractivity contribution < 1.29 is 18.7 Å². The first-order valence-corrected chi connectivity index (χ1v) is 8.07. The van der Waals surface area contributed by atoms with E-state index in [2.05, 4.69) is 5.32 Å². The molecule has 128 valence electrons. The van der Waals surface area contributed by atoms with Crippen molar-refractivity contribution in [3.8, 4) is 11.5 Å². The Morgan fingerprint density at radius 3 is 2.42 bits per heavy atom. The average Bonchev–Trinajstić information content (AvgIpc) is 2.57. The van der Waals surface area contributed by atoms with E-state index in [0.29, 0.717) is 31.7 Å². The summed E-state index contributed by atoms with van der Waals surface area (Å²) in [4.78, 5) is 11.8. The van der Waals surface area contributed by atoms with Crippen molar-refractivity contribution in [1.29, 1.82) is 0 Å². The van der Waals surface area contributed by atoms with Crippen LogP contribution in [0.2, 0.25) is 5.02 Å². The van der Waals surface area contributed by atoms with Crippen molar-refractivity contribution in [2.24, 2.45) is 0 Å². The molecular formula is C18H19ClFNO3. The van der Waals surface area contributed by atoms with Crippen LogP contribution in [-0.2, 0) is 4.79 Å². The lowest BCUT2D eigenvalue weighted by Gasteiger charge is -2.08. The van der Waals surface area contributed by atoms with Gasteiger partial charge in [-0.25, -0.2) is 4.39 Å². The summed E-state index contributed by atoms with van der Waals surface area (Å²) in [6, 6.07) is 11.4. The predicted molar refractivity (Wildman–Crippen MR) is 92.4 cm³/mol. The summed E-state index contributed by atoms with van der Waals surface area (Å²) in [7, 11) is 0. The molecule has 24 heavy (non-hydrogen) atoms. The van der Waals surface area contributed by atoms with E-state index in [4.69, 9.17) is 21.1 Å². The monoisotopic (exact) mass is 351 g/mol. The van der Waals surface area contributed by atoms with Gasteiger partial charge in [-0.1, -0.05) is 11.6 Å². The topological polar surface area (TPSA) is 47.6 Å². The molecule has 2 rings (SSSR count). The zero-order valence-electron chi connectivity index (χ0n) is 13.4. The molecule has 0 fully saturated rings. The highest BCUT2D eigenvalue weighted by Crippen LogP contribution is 2.20. The van der Waals surface area contributed by atoms with E-state index >= 15 is 0 Å². The molecule has 0 aliphatic heterocycles. The van der Waals surface area contributed by atoms with Gasteiger partial charge in [-0.15, -0.1) is 0 Å². The van der Waals surface area contributed by atoms with E-state index in [9.17, 15) is 9.18 Å². The average molecular weight is 352 g/mol. The van der Waals surface area contributed by atoms with Gasteiger partial charge in [-0.3, -0.25) is 4.79 Å². The van der Waals surface area contributed by atoms with E-state index in [1.165, 1.54) is 18.2 Å². The Labute approximate surface area is 145 Å². The number of amides is 1. The van der Waals surface area contributed by atoms with Crippen LogP contribution in [0.3, 0.4) is 0 Å². The van der Waals surface area contributed by atoms with E-state index in [0.717, 1.165) is 11.5 Å². The molecule has 0 radical (unpaired) electrons. The maximum Gasteiger partial charge on any atom is 0.224 e. The van der Waals surface area contributed by atoms with Crippen LogP contribution in [0, 0.1) is 5.82 Å². The number of benzene rings is 2. The lowest BCUT2D eigenvalue weighted by Crippen LogP contribution is -2.12. The van der Waals surface area contributed by atoms with Crippen molar-refractivity contribution in [2.45, 2.75) is 19.8 Å². The van der Waals surface area contributed by atoms with E-state index in [1.54, 1.807) is 0 Å². The number of carbonyl (C=O) groups excluding carboxylic acids is 1. The molecule has 0 aliphatic carbocycles. The number of hydrogen-bond donors (Lipinski definition) is 1. The number of halogens is 2. The van der Waals surface area contributed by atoms with Gasteiger partial charge in [0.25, 0.3) is 0 Å². The predicted octanol–water partition coefficient (Wildman–Crippen LogP) is 4.68. The third kappa shape index (κ3) is 5.74. The summed E-state index contributed by atoms with van der Waals surface area (Å²) in [5.74, 6) is 0.831. The van der Waals surface area contributed by atoms with Crippen LogP contribution in [0.25, 0.3) is 0 Å². The zero-order chi connectivity index (χ0) is 17.4. The molecule has 1 amide bonds. The first-order valence-electron chi connectivity index (χ1n) is 7.69. The molecule has 0 spiro atoms. The van der Waals surface area contributed by atoms with Crippen molar-refractivity contribution in [3.05, 3.63) is 53.3 Å². The fraction of sp³-hybridized carbons (Fsp3) is 0.278. The first-order chi connectivity index (χ1) is 11.6. The molecular weight excluding hydrogens is 333 g/mol. The molecule has 0 heterocycles. The molecule has 0 aromatic heterocycles.